The van der Waals surface area contributed by atoms with Gasteiger partial charge in [0, 0.05) is 0 Å². The zero-order valence-corrected chi connectivity index (χ0v) is 7.40. The van der Waals surface area contributed by atoms with E-state index in [1.165, 1.54) is 5.56 Å². The molecule has 0 heteroatoms. The van der Waals surface area contributed by atoms with Crippen molar-refractivity contribution in [2.24, 2.45) is 0 Å². The van der Waals surface area contributed by atoms with Crippen LogP contribution in [0, 0.1) is 0 Å². The van der Waals surface area contributed by atoms with E-state index < -0.39 is 0 Å². The van der Waals surface area contributed by atoms with Gasteiger partial charge < -0.3 is 0 Å². The molecule has 1 aromatic rings. The number of rotatable bonds is 1. The van der Waals surface area contributed by atoms with Crippen LogP contribution in [-0.4, -0.2) is 0 Å². The summed E-state index contributed by atoms with van der Waals surface area (Å²) >= 11 is 0. The molecule has 12 heavy (non-hydrogen) atoms. The number of hydrogen-bond acceptors (Lipinski definition) is 0. The van der Waals surface area contributed by atoms with E-state index in [9.17, 15) is 0 Å². The first-order valence-corrected chi connectivity index (χ1v) is 4.30. The highest BCUT2D eigenvalue weighted by Gasteiger charge is 1.77. The highest BCUT2D eigenvalue weighted by Crippen LogP contribution is 1.94. The minimum Gasteiger partial charge on any atom is -0.0623 e. The van der Waals surface area contributed by atoms with Gasteiger partial charge >= 0.3 is 0 Å². The van der Waals surface area contributed by atoms with Gasteiger partial charge in [-0.3, -0.25) is 0 Å². The third-order valence-electron chi connectivity index (χ3n) is 1.70. The van der Waals surface area contributed by atoms with Gasteiger partial charge in [0.1, 0.15) is 0 Å². The van der Waals surface area contributed by atoms with Crippen LogP contribution in [0.5, 0.6) is 0 Å². The van der Waals surface area contributed by atoms with Gasteiger partial charge in [0.2, 0.25) is 0 Å². The predicted molar refractivity (Wildman–Crippen MR) is 53.4 cm³/mol. The summed E-state index contributed by atoms with van der Waals surface area (Å²) in [6.07, 6.45) is 1.08. The van der Waals surface area contributed by atoms with Crippen LogP contribution in [0.25, 0.3) is 0 Å². The molecule has 0 amide bonds. The largest absolute Gasteiger partial charge is 0.0623 e. The first-order chi connectivity index (χ1) is 5.93. The van der Waals surface area contributed by atoms with Crippen LogP contribution in [0.2, 0.25) is 0 Å². The third kappa shape index (κ3) is 3.20. The van der Waals surface area contributed by atoms with Crippen LogP contribution in [0.1, 0.15) is 12.5 Å². The van der Waals surface area contributed by atoms with Crippen LogP contribution in [0.4, 0.5) is 0 Å². The lowest BCUT2D eigenvalue weighted by Gasteiger charge is -1.87. The molecular formula is C12H14. The Bertz CT molecular complexity index is 250. The van der Waals surface area contributed by atoms with Crippen molar-refractivity contribution in [2.75, 3.05) is 0 Å². The highest BCUT2D eigenvalue weighted by atomic mass is 13.8. The maximum Gasteiger partial charge on any atom is -0.0307 e. The van der Waals surface area contributed by atoms with Crippen molar-refractivity contribution in [1.82, 2.24) is 0 Å². The zero-order valence-electron chi connectivity index (χ0n) is 7.40. The van der Waals surface area contributed by atoms with Gasteiger partial charge in [0.15, 0.2) is 0 Å². The van der Waals surface area contributed by atoms with Crippen molar-refractivity contribution in [1.29, 1.82) is 0 Å². The van der Waals surface area contributed by atoms with Gasteiger partial charge in [0.05, 0.1) is 0 Å². The first-order valence-electron chi connectivity index (χ1n) is 4.30. The molecule has 0 fully saturated rings. The Morgan fingerprint density at radius 1 is 0.750 bits per heavy atom. The van der Waals surface area contributed by atoms with E-state index in [0.29, 0.717) is 0 Å². The van der Waals surface area contributed by atoms with E-state index in [4.69, 9.17) is 0 Å². The molecule has 0 bridgehead atoms. The molecule has 0 saturated heterocycles. The molecule has 0 radical (unpaired) electrons. The molecule has 1 rings (SSSR count). The molecule has 1 aromatic carbocycles. The normalized spacial score (nSPS) is 8.75. The van der Waals surface area contributed by atoms with Gasteiger partial charge in [-0.25, -0.2) is 0 Å². The summed E-state index contributed by atoms with van der Waals surface area (Å²) in [4.78, 5) is 0. The molecule has 0 N–H and O–H groups in total. The van der Waals surface area contributed by atoms with Crippen LogP contribution in [0.3, 0.4) is 0 Å². The molecule has 0 aliphatic rings. The standard InChI is InChI=1S/C12H14/c1-2-12-10-8-6-4-3-5-7-9-11-12/h3-11H,2H2,1H3. The van der Waals surface area contributed by atoms with Crippen molar-refractivity contribution in [3.8, 4) is 0 Å². The molecule has 0 aliphatic carbocycles. The number of hydrogen-bond donors (Lipinski definition) is 0. The van der Waals surface area contributed by atoms with E-state index in [1.807, 2.05) is 30.3 Å². The minimum absolute atomic E-state index is 1.08. The van der Waals surface area contributed by atoms with Crippen molar-refractivity contribution in [3.63, 3.8) is 0 Å². The molecule has 62 valence electrons. The van der Waals surface area contributed by atoms with Crippen molar-refractivity contribution in [3.05, 3.63) is 60.2 Å². The van der Waals surface area contributed by atoms with Gasteiger partial charge in [-0.15, -0.1) is 0 Å². The molecule has 0 atom stereocenters. The second-order valence-corrected chi connectivity index (χ2v) is 2.61. The van der Waals surface area contributed by atoms with Crippen LogP contribution >= 0.6 is 0 Å². The average molecular weight is 158 g/mol. The fourth-order valence-corrected chi connectivity index (χ4v) is 0.970. The summed E-state index contributed by atoms with van der Waals surface area (Å²) in [5.41, 5.74) is 1.35. The smallest absolute Gasteiger partial charge is 0.0307 e. The van der Waals surface area contributed by atoms with E-state index in [-0.39, 0.29) is 0 Å². The molecule has 0 spiro atoms. The van der Waals surface area contributed by atoms with Crippen LogP contribution in [0.15, 0.2) is 54.6 Å². The Morgan fingerprint density at radius 2 is 1.17 bits per heavy atom. The molecule has 0 aromatic heterocycles. The van der Waals surface area contributed by atoms with Crippen molar-refractivity contribution >= 4 is 0 Å². The molecule has 0 nitrogen and oxygen atoms in total. The lowest BCUT2D eigenvalue weighted by molar-refractivity contribution is 1.14. The maximum absolute atomic E-state index is 2.16. The van der Waals surface area contributed by atoms with E-state index in [1.54, 1.807) is 0 Å². The van der Waals surface area contributed by atoms with Gasteiger partial charge in [-0.05, 0) is 12.0 Å². The Hall–Kier alpha value is -1.30. The fourth-order valence-electron chi connectivity index (χ4n) is 0.970. The topological polar surface area (TPSA) is 0 Å². The SMILES string of the molecule is CCc1ccccccccc1. The van der Waals surface area contributed by atoms with E-state index in [2.05, 4.69) is 31.2 Å². The van der Waals surface area contributed by atoms with Crippen LogP contribution in [-0.2, 0) is 6.42 Å². The van der Waals surface area contributed by atoms with Crippen molar-refractivity contribution < 1.29 is 0 Å². The summed E-state index contributed by atoms with van der Waals surface area (Å²) in [5.74, 6) is 0. The third-order valence-corrected chi connectivity index (χ3v) is 1.70. The summed E-state index contributed by atoms with van der Waals surface area (Å²) in [5, 5.41) is 0. The minimum atomic E-state index is 1.08. The molecular weight excluding hydrogens is 144 g/mol. The molecule has 0 saturated carbocycles. The van der Waals surface area contributed by atoms with Gasteiger partial charge in [-0.1, -0.05) is 61.5 Å². The Labute approximate surface area is 74.2 Å². The van der Waals surface area contributed by atoms with Gasteiger partial charge in [-0.2, -0.15) is 0 Å². The summed E-state index contributed by atoms with van der Waals surface area (Å²) < 4.78 is 0. The van der Waals surface area contributed by atoms with E-state index >= 15 is 0 Å². The number of aryl methyl sites for hydroxylation is 1. The summed E-state index contributed by atoms with van der Waals surface area (Å²) in [6, 6.07) is 18.6. The zero-order chi connectivity index (χ0) is 8.65. The highest BCUT2D eigenvalue weighted by molar-refractivity contribution is 5.11. The summed E-state index contributed by atoms with van der Waals surface area (Å²) in [7, 11) is 0. The molecule has 0 aliphatic heterocycles. The quantitative estimate of drug-likeness (QED) is 0.587. The van der Waals surface area contributed by atoms with E-state index in [0.717, 1.165) is 6.42 Å². The second kappa shape index (κ2) is 5.36. The summed E-state index contributed by atoms with van der Waals surface area (Å²) in [6.45, 7) is 2.16. The maximum atomic E-state index is 2.16. The molecule has 0 heterocycles. The van der Waals surface area contributed by atoms with Crippen LogP contribution < -0.4 is 0 Å². The van der Waals surface area contributed by atoms with Crippen molar-refractivity contribution in [2.45, 2.75) is 13.3 Å². The molecule has 0 unspecified atom stereocenters. The van der Waals surface area contributed by atoms with Gasteiger partial charge in [0.25, 0.3) is 0 Å². The fraction of sp³-hybridized carbons (Fsp3) is 0.167. The Balaban J connectivity index is 3.07. The average Bonchev–Trinajstić information content (AvgIpc) is 2.14. The second-order valence-electron chi connectivity index (χ2n) is 2.61. The lowest BCUT2D eigenvalue weighted by Crippen LogP contribution is -1.71. The monoisotopic (exact) mass is 158 g/mol. The Morgan fingerprint density at radius 3 is 1.58 bits per heavy atom. The predicted octanol–water partition coefficient (Wildman–Crippen LogP) is 3.37. The lowest BCUT2D eigenvalue weighted by atomic mass is 10.2. The Kier molecular flexibility index (Phi) is 3.93. The first kappa shape index (κ1) is 8.79.